The van der Waals surface area contributed by atoms with Crippen LogP contribution < -0.4 is 10.0 Å². The van der Waals surface area contributed by atoms with E-state index in [0.717, 1.165) is 63.2 Å². The van der Waals surface area contributed by atoms with Crippen molar-refractivity contribution in [1.82, 2.24) is 10.2 Å². The second-order valence-corrected chi connectivity index (χ2v) is 9.43. The minimum atomic E-state index is -3.97. The van der Waals surface area contributed by atoms with Crippen molar-refractivity contribution in [2.45, 2.75) is 37.1 Å². The van der Waals surface area contributed by atoms with Crippen LogP contribution in [0.15, 0.2) is 47.4 Å². The molecule has 0 atom stereocenters. The first-order chi connectivity index (χ1) is 14.3. The van der Waals surface area contributed by atoms with Crippen LogP contribution in [-0.4, -0.2) is 44.9 Å². The Labute approximate surface area is 181 Å². The molecule has 1 aliphatic rings. The lowest BCUT2D eigenvalue weighted by Gasteiger charge is -2.32. The zero-order chi connectivity index (χ0) is 21.7. The van der Waals surface area contributed by atoms with Gasteiger partial charge in [-0.25, -0.2) is 12.8 Å². The van der Waals surface area contributed by atoms with Gasteiger partial charge in [0, 0.05) is 24.7 Å². The zero-order valence-corrected chi connectivity index (χ0v) is 18.3. The molecule has 2 aromatic carbocycles. The van der Waals surface area contributed by atoms with Crippen LogP contribution in [0, 0.1) is 5.82 Å². The van der Waals surface area contributed by atoms with Gasteiger partial charge in [0.1, 0.15) is 5.82 Å². The van der Waals surface area contributed by atoms with E-state index in [1.54, 1.807) is 6.07 Å². The molecule has 0 aromatic heterocycles. The number of amides is 1. The van der Waals surface area contributed by atoms with Crippen LogP contribution in [0.3, 0.4) is 0 Å². The Kier molecular flexibility index (Phi) is 7.33. The van der Waals surface area contributed by atoms with Crippen LogP contribution in [0.5, 0.6) is 0 Å². The average molecular weight is 454 g/mol. The van der Waals surface area contributed by atoms with Crippen molar-refractivity contribution >= 4 is 33.2 Å². The quantitative estimate of drug-likeness (QED) is 0.666. The van der Waals surface area contributed by atoms with Crippen LogP contribution >= 0.6 is 11.6 Å². The van der Waals surface area contributed by atoms with Gasteiger partial charge >= 0.3 is 0 Å². The molecule has 1 aliphatic heterocycles. The van der Waals surface area contributed by atoms with Gasteiger partial charge in [-0.3, -0.25) is 9.52 Å². The number of hydrogen-bond acceptors (Lipinski definition) is 4. The summed E-state index contributed by atoms with van der Waals surface area (Å²) in [6.07, 6.45) is 2.87. The Hall–Kier alpha value is -2.16. The molecule has 9 heteroatoms. The summed E-state index contributed by atoms with van der Waals surface area (Å²) in [4.78, 5) is 14.9. The lowest BCUT2D eigenvalue weighted by Crippen LogP contribution is -2.44. The Morgan fingerprint density at radius 1 is 1.17 bits per heavy atom. The zero-order valence-electron chi connectivity index (χ0n) is 16.7. The largest absolute Gasteiger partial charge is 0.349 e. The van der Waals surface area contributed by atoms with Crippen LogP contribution in [-0.2, 0) is 10.0 Å². The maximum absolute atomic E-state index is 13.1. The molecule has 0 spiro atoms. The van der Waals surface area contributed by atoms with Crippen LogP contribution in [0.1, 0.15) is 36.5 Å². The second-order valence-electron chi connectivity index (χ2n) is 7.34. The molecule has 162 valence electrons. The van der Waals surface area contributed by atoms with Gasteiger partial charge in [-0.1, -0.05) is 18.5 Å². The molecule has 0 aliphatic carbocycles. The number of carbonyl (C=O) groups is 1. The van der Waals surface area contributed by atoms with Crippen molar-refractivity contribution in [2.24, 2.45) is 0 Å². The Bertz CT molecular complexity index is 991. The maximum atomic E-state index is 13.1. The number of benzene rings is 2. The molecular weight excluding hydrogens is 429 g/mol. The highest BCUT2D eigenvalue weighted by molar-refractivity contribution is 7.92. The van der Waals surface area contributed by atoms with E-state index in [2.05, 4.69) is 21.9 Å². The number of rotatable bonds is 7. The van der Waals surface area contributed by atoms with Gasteiger partial charge < -0.3 is 10.2 Å². The molecule has 0 saturated carbocycles. The fraction of sp³-hybridized carbons (Fsp3) is 0.381. The Morgan fingerprint density at radius 3 is 2.47 bits per heavy atom. The molecule has 1 saturated heterocycles. The van der Waals surface area contributed by atoms with E-state index in [1.165, 1.54) is 12.1 Å². The monoisotopic (exact) mass is 453 g/mol. The van der Waals surface area contributed by atoms with Crippen LogP contribution in [0.4, 0.5) is 10.1 Å². The maximum Gasteiger partial charge on any atom is 0.261 e. The normalized spacial score (nSPS) is 15.7. The van der Waals surface area contributed by atoms with Gasteiger partial charge in [-0.2, -0.15) is 0 Å². The van der Waals surface area contributed by atoms with Gasteiger partial charge in [0.05, 0.1) is 15.6 Å². The molecule has 1 heterocycles. The number of hydrogen-bond donors (Lipinski definition) is 2. The van der Waals surface area contributed by atoms with Gasteiger partial charge in [0.2, 0.25) is 0 Å². The van der Waals surface area contributed by atoms with Gasteiger partial charge in [0.15, 0.2) is 0 Å². The molecular formula is C21H25ClFN3O3S. The summed E-state index contributed by atoms with van der Waals surface area (Å²) in [6, 6.07) is 8.96. The number of piperidine rings is 1. The fourth-order valence-electron chi connectivity index (χ4n) is 3.45. The van der Waals surface area contributed by atoms with E-state index in [1.807, 2.05) is 0 Å². The number of carbonyl (C=O) groups excluding carboxylic acids is 1. The summed E-state index contributed by atoms with van der Waals surface area (Å²) in [5, 5.41) is 3.18. The molecule has 30 heavy (non-hydrogen) atoms. The van der Waals surface area contributed by atoms with Gasteiger partial charge in [-0.05, 0) is 68.3 Å². The lowest BCUT2D eigenvalue weighted by atomic mass is 10.0. The highest BCUT2D eigenvalue weighted by Gasteiger charge is 2.22. The first-order valence-corrected chi connectivity index (χ1v) is 11.8. The van der Waals surface area contributed by atoms with E-state index in [4.69, 9.17) is 11.6 Å². The number of sulfonamides is 1. The van der Waals surface area contributed by atoms with Crippen molar-refractivity contribution in [3.63, 3.8) is 0 Å². The molecule has 0 bridgehead atoms. The van der Waals surface area contributed by atoms with Crippen molar-refractivity contribution < 1.29 is 17.6 Å². The van der Waals surface area contributed by atoms with Crippen molar-refractivity contribution in [2.75, 3.05) is 24.4 Å². The first-order valence-electron chi connectivity index (χ1n) is 9.89. The number of nitrogens with one attached hydrogen (secondary N) is 2. The fourth-order valence-corrected chi connectivity index (χ4v) is 4.74. The standard InChI is InChI=1S/C21H25ClFN3O3S/c1-2-11-26-12-9-17(10-13-26)24-21(27)15-3-8-19(22)20(14-15)25-30(28,29)18-6-4-16(23)5-7-18/h3-8,14,17,25H,2,9-13H2,1H3,(H,24,27). The summed E-state index contributed by atoms with van der Waals surface area (Å²) in [5.74, 6) is -0.811. The number of nitrogens with zero attached hydrogens (tertiary/aromatic N) is 1. The topological polar surface area (TPSA) is 78.5 Å². The highest BCUT2D eigenvalue weighted by atomic mass is 35.5. The van der Waals surface area contributed by atoms with E-state index in [-0.39, 0.29) is 27.6 Å². The predicted octanol–water partition coefficient (Wildman–Crippen LogP) is 3.88. The molecule has 1 fully saturated rings. The number of halogens is 2. The summed E-state index contributed by atoms with van der Waals surface area (Å²) < 4.78 is 40.5. The lowest BCUT2D eigenvalue weighted by molar-refractivity contribution is 0.0911. The molecule has 1 amide bonds. The number of anilines is 1. The van der Waals surface area contributed by atoms with Crippen LogP contribution in [0.2, 0.25) is 5.02 Å². The summed E-state index contributed by atoms with van der Waals surface area (Å²) in [7, 11) is -3.97. The SMILES string of the molecule is CCCN1CCC(NC(=O)c2ccc(Cl)c(NS(=O)(=O)c3ccc(F)cc3)c2)CC1. The van der Waals surface area contributed by atoms with Crippen molar-refractivity contribution in [1.29, 1.82) is 0 Å². The van der Waals surface area contributed by atoms with Gasteiger partial charge in [0.25, 0.3) is 15.9 Å². The third-order valence-electron chi connectivity index (χ3n) is 5.06. The van der Waals surface area contributed by atoms with E-state index < -0.39 is 15.8 Å². The summed E-state index contributed by atoms with van der Waals surface area (Å²) >= 11 is 6.13. The van der Waals surface area contributed by atoms with E-state index in [0.29, 0.717) is 5.56 Å². The molecule has 2 aromatic rings. The smallest absolute Gasteiger partial charge is 0.261 e. The van der Waals surface area contributed by atoms with Gasteiger partial charge in [-0.15, -0.1) is 0 Å². The Morgan fingerprint density at radius 2 is 1.83 bits per heavy atom. The first kappa shape index (κ1) is 22.5. The molecule has 2 N–H and O–H groups in total. The predicted molar refractivity (Wildman–Crippen MR) is 116 cm³/mol. The van der Waals surface area contributed by atoms with E-state index >= 15 is 0 Å². The Balaban J connectivity index is 1.69. The second kappa shape index (κ2) is 9.76. The van der Waals surface area contributed by atoms with Crippen LogP contribution in [0.25, 0.3) is 0 Å². The summed E-state index contributed by atoms with van der Waals surface area (Å²) in [6.45, 7) is 5.11. The molecule has 0 radical (unpaired) electrons. The molecule has 0 unspecified atom stereocenters. The van der Waals surface area contributed by atoms with E-state index in [9.17, 15) is 17.6 Å². The minimum Gasteiger partial charge on any atom is -0.349 e. The third-order valence-corrected chi connectivity index (χ3v) is 6.77. The highest BCUT2D eigenvalue weighted by Crippen LogP contribution is 2.26. The molecule has 3 rings (SSSR count). The molecule has 6 nitrogen and oxygen atoms in total. The van der Waals surface area contributed by atoms with Crippen molar-refractivity contribution in [3.8, 4) is 0 Å². The number of likely N-dealkylation sites (tertiary alicyclic amines) is 1. The third kappa shape index (κ3) is 5.71. The minimum absolute atomic E-state index is 0.0839. The average Bonchev–Trinajstić information content (AvgIpc) is 2.71. The van der Waals surface area contributed by atoms with Crippen molar-refractivity contribution in [3.05, 3.63) is 58.9 Å². The summed E-state index contributed by atoms with van der Waals surface area (Å²) in [5.41, 5.74) is 0.401.